The van der Waals surface area contributed by atoms with Gasteiger partial charge in [-0.2, -0.15) is 0 Å². The Labute approximate surface area is 130 Å². The van der Waals surface area contributed by atoms with Gasteiger partial charge in [0.1, 0.15) is 13.2 Å². The molecule has 0 aromatic carbocycles. The summed E-state index contributed by atoms with van der Waals surface area (Å²) >= 11 is 0. The van der Waals surface area contributed by atoms with E-state index < -0.39 is 29.7 Å². The summed E-state index contributed by atoms with van der Waals surface area (Å²) in [5.41, 5.74) is 0. The molecule has 0 aliphatic rings. The van der Waals surface area contributed by atoms with Crippen LogP contribution in [-0.2, 0) is 28.6 Å². The van der Waals surface area contributed by atoms with Crippen LogP contribution in [0.2, 0.25) is 0 Å². The lowest BCUT2D eigenvalue weighted by molar-refractivity contribution is -0.162. The Morgan fingerprint density at radius 1 is 1.00 bits per heavy atom. The van der Waals surface area contributed by atoms with Crippen molar-refractivity contribution in [1.82, 2.24) is 0 Å². The number of carbonyl (C=O) groups is 3. The third-order valence-corrected chi connectivity index (χ3v) is 2.54. The highest BCUT2D eigenvalue weighted by molar-refractivity contribution is 5.95. The molecule has 0 spiro atoms. The Morgan fingerprint density at radius 3 is 1.91 bits per heavy atom. The van der Waals surface area contributed by atoms with E-state index in [0.29, 0.717) is 0 Å². The van der Waals surface area contributed by atoms with Crippen LogP contribution in [0, 0.1) is 11.8 Å². The molecule has 0 aromatic heterocycles. The molecule has 0 N–H and O–H groups in total. The molecule has 0 saturated carbocycles. The molecule has 0 rings (SSSR count). The normalized spacial score (nSPS) is 11.8. The fourth-order valence-electron chi connectivity index (χ4n) is 1.52. The smallest absolute Gasteiger partial charge is 0.330 e. The quantitative estimate of drug-likeness (QED) is 0.201. The highest BCUT2D eigenvalue weighted by Crippen LogP contribution is 2.17. The molecule has 6 heteroatoms. The standard InChI is InChI=1S/C16H22O6/c1-5-10-21-15(18)14(16(19)22-11-6-2)12(4)8-9-13(17)20-7-3/h5-6,8-9,12,14H,1-2,7,10-11H2,3-4H3/b9-8+/t12-/m0/s1. The molecular formula is C16H22O6. The number of ether oxygens (including phenoxy) is 3. The lowest BCUT2D eigenvalue weighted by Gasteiger charge is -2.18. The van der Waals surface area contributed by atoms with Gasteiger partial charge >= 0.3 is 17.9 Å². The largest absolute Gasteiger partial charge is 0.463 e. The van der Waals surface area contributed by atoms with Crippen molar-refractivity contribution >= 4 is 17.9 Å². The van der Waals surface area contributed by atoms with Crippen molar-refractivity contribution in [3.8, 4) is 0 Å². The van der Waals surface area contributed by atoms with E-state index in [0.717, 1.165) is 0 Å². The lowest BCUT2D eigenvalue weighted by Crippen LogP contribution is -2.33. The Hall–Kier alpha value is -2.37. The van der Waals surface area contributed by atoms with E-state index in [9.17, 15) is 14.4 Å². The van der Waals surface area contributed by atoms with Crippen LogP contribution in [-0.4, -0.2) is 37.7 Å². The first-order valence-corrected chi connectivity index (χ1v) is 6.87. The summed E-state index contributed by atoms with van der Waals surface area (Å²) in [6.45, 7) is 10.3. The van der Waals surface area contributed by atoms with Crippen LogP contribution in [0.15, 0.2) is 37.5 Å². The molecule has 0 unspecified atom stereocenters. The fourth-order valence-corrected chi connectivity index (χ4v) is 1.52. The monoisotopic (exact) mass is 310 g/mol. The first kappa shape index (κ1) is 19.6. The predicted molar refractivity (Wildman–Crippen MR) is 80.7 cm³/mol. The van der Waals surface area contributed by atoms with Gasteiger partial charge in [-0.1, -0.05) is 38.3 Å². The summed E-state index contributed by atoms with van der Waals surface area (Å²) in [5, 5.41) is 0. The summed E-state index contributed by atoms with van der Waals surface area (Å²) in [6, 6.07) is 0. The van der Waals surface area contributed by atoms with E-state index in [4.69, 9.17) is 14.2 Å². The fraction of sp³-hybridized carbons (Fsp3) is 0.438. The van der Waals surface area contributed by atoms with Crippen molar-refractivity contribution < 1.29 is 28.6 Å². The van der Waals surface area contributed by atoms with E-state index in [1.165, 1.54) is 24.3 Å². The molecule has 0 radical (unpaired) electrons. The Balaban J connectivity index is 4.98. The summed E-state index contributed by atoms with van der Waals surface area (Å²) in [5.74, 6) is -3.80. The van der Waals surface area contributed by atoms with Gasteiger partial charge in [-0.15, -0.1) is 0 Å². The van der Waals surface area contributed by atoms with Gasteiger partial charge in [0.25, 0.3) is 0 Å². The van der Waals surface area contributed by atoms with Crippen molar-refractivity contribution in [2.45, 2.75) is 13.8 Å². The SMILES string of the molecule is C=CCOC(=O)C(C(=O)OCC=C)[C@@H](C)/C=C/C(=O)OCC. The maximum Gasteiger partial charge on any atom is 0.330 e. The van der Waals surface area contributed by atoms with Crippen molar-refractivity contribution in [3.63, 3.8) is 0 Å². The van der Waals surface area contributed by atoms with E-state index in [1.54, 1.807) is 13.8 Å². The summed E-state index contributed by atoms with van der Waals surface area (Å²) in [7, 11) is 0. The molecule has 0 aliphatic heterocycles. The number of rotatable bonds is 10. The van der Waals surface area contributed by atoms with Gasteiger partial charge in [0.05, 0.1) is 6.61 Å². The zero-order valence-corrected chi connectivity index (χ0v) is 12.9. The van der Waals surface area contributed by atoms with Crippen LogP contribution in [0.5, 0.6) is 0 Å². The first-order chi connectivity index (χ1) is 10.5. The molecule has 0 aliphatic carbocycles. The Kier molecular flexibility index (Phi) is 10.1. The molecule has 122 valence electrons. The highest BCUT2D eigenvalue weighted by Gasteiger charge is 2.34. The number of carbonyl (C=O) groups excluding carboxylic acids is 3. The van der Waals surface area contributed by atoms with Gasteiger partial charge in [-0.3, -0.25) is 9.59 Å². The van der Waals surface area contributed by atoms with Crippen molar-refractivity contribution in [2.75, 3.05) is 19.8 Å². The zero-order valence-electron chi connectivity index (χ0n) is 12.9. The van der Waals surface area contributed by atoms with E-state index in [1.807, 2.05) is 0 Å². The number of hydrogen-bond acceptors (Lipinski definition) is 6. The van der Waals surface area contributed by atoms with Crippen molar-refractivity contribution in [1.29, 1.82) is 0 Å². The minimum absolute atomic E-state index is 0.0155. The molecule has 0 heterocycles. The van der Waals surface area contributed by atoms with Gasteiger partial charge in [0, 0.05) is 6.08 Å². The lowest BCUT2D eigenvalue weighted by atomic mass is 9.93. The predicted octanol–water partition coefficient (Wildman–Crippen LogP) is 1.82. The second-order valence-corrected chi connectivity index (χ2v) is 4.29. The molecule has 0 saturated heterocycles. The zero-order chi connectivity index (χ0) is 17.0. The van der Waals surface area contributed by atoms with Gasteiger partial charge in [-0.05, 0) is 12.8 Å². The molecule has 6 nitrogen and oxygen atoms in total. The second-order valence-electron chi connectivity index (χ2n) is 4.29. The molecule has 0 bridgehead atoms. The van der Waals surface area contributed by atoms with Crippen molar-refractivity contribution in [2.24, 2.45) is 11.8 Å². The maximum absolute atomic E-state index is 12.0. The summed E-state index contributed by atoms with van der Waals surface area (Å²) < 4.78 is 14.5. The van der Waals surface area contributed by atoms with Gasteiger partial charge in [0.15, 0.2) is 5.92 Å². The first-order valence-electron chi connectivity index (χ1n) is 6.87. The molecule has 0 amide bonds. The van der Waals surface area contributed by atoms with Gasteiger partial charge < -0.3 is 14.2 Å². The molecule has 1 atom stereocenters. The summed E-state index contributed by atoms with van der Waals surface area (Å²) in [6.07, 6.45) is 5.36. The van der Waals surface area contributed by atoms with Crippen LogP contribution in [0.3, 0.4) is 0 Å². The van der Waals surface area contributed by atoms with E-state index in [-0.39, 0.29) is 19.8 Å². The average Bonchev–Trinajstić information content (AvgIpc) is 2.49. The van der Waals surface area contributed by atoms with Crippen LogP contribution in [0.1, 0.15) is 13.8 Å². The Bertz CT molecular complexity index is 414. The van der Waals surface area contributed by atoms with Crippen LogP contribution >= 0.6 is 0 Å². The maximum atomic E-state index is 12.0. The van der Waals surface area contributed by atoms with Crippen LogP contribution in [0.25, 0.3) is 0 Å². The second kappa shape index (κ2) is 11.3. The molecular weight excluding hydrogens is 288 g/mol. The molecule has 0 fully saturated rings. The molecule has 22 heavy (non-hydrogen) atoms. The molecule has 0 aromatic rings. The number of allylic oxidation sites excluding steroid dienone is 1. The number of hydrogen-bond donors (Lipinski definition) is 0. The van der Waals surface area contributed by atoms with E-state index in [2.05, 4.69) is 13.2 Å². The number of esters is 3. The minimum atomic E-state index is -1.18. The third-order valence-electron chi connectivity index (χ3n) is 2.54. The van der Waals surface area contributed by atoms with Crippen molar-refractivity contribution in [3.05, 3.63) is 37.5 Å². The highest BCUT2D eigenvalue weighted by atomic mass is 16.6. The van der Waals surface area contributed by atoms with Gasteiger partial charge in [0.2, 0.25) is 0 Å². The topological polar surface area (TPSA) is 78.9 Å². The summed E-state index contributed by atoms with van der Waals surface area (Å²) in [4.78, 5) is 35.2. The van der Waals surface area contributed by atoms with Crippen LogP contribution < -0.4 is 0 Å². The average molecular weight is 310 g/mol. The van der Waals surface area contributed by atoms with Gasteiger partial charge in [-0.25, -0.2) is 4.79 Å². The Morgan fingerprint density at radius 2 is 1.50 bits per heavy atom. The minimum Gasteiger partial charge on any atom is -0.463 e. The van der Waals surface area contributed by atoms with Crippen LogP contribution in [0.4, 0.5) is 0 Å². The van der Waals surface area contributed by atoms with E-state index >= 15 is 0 Å². The third kappa shape index (κ3) is 7.42.